The number of nitrogens with zero attached hydrogens (tertiary/aromatic N) is 1. The number of rotatable bonds is 5. The second-order valence-electron chi connectivity index (χ2n) is 6.61. The molecule has 0 aliphatic heterocycles. The molecule has 1 heterocycles. The minimum Gasteiger partial charge on any atom is -0.493 e. The lowest BCUT2D eigenvalue weighted by atomic mass is 9.99. The van der Waals surface area contributed by atoms with Crippen LogP contribution >= 0.6 is 23.2 Å². The van der Waals surface area contributed by atoms with Crippen LogP contribution in [0.1, 0.15) is 19.4 Å². The predicted molar refractivity (Wildman–Crippen MR) is 115 cm³/mol. The number of fused-ring (bicyclic) bond motifs is 1. The van der Waals surface area contributed by atoms with Crippen molar-refractivity contribution in [3.05, 3.63) is 58.3 Å². The third kappa shape index (κ3) is 4.03. The van der Waals surface area contributed by atoms with Gasteiger partial charge in [0.05, 0.1) is 17.9 Å². The Kier molecular flexibility index (Phi) is 6.01. The zero-order chi connectivity index (χ0) is 20.4. The summed E-state index contributed by atoms with van der Waals surface area (Å²) in [5, 5.41) is 2.00. The molecule has 4 nitrogen and oxygen atoms in total. The summed E-state index contributed by atoms with van der Waals surface area (Å²) in [6.45, 7) is 4.31. The van der Waals surface area contributed by atoms with Gasteiger partial charge < -0.3 is 14.1 Å². The van der Waals surface area contributed by atoms with Gasteiger partial charge >= 0.3 is 0 Å². The van der Waals surface area contributed by atoms with E-state index in [2.05, 4.69) is 0 Å². The first-order valence-corrected chi connectivity index (χ1v) is 9.60. The molecule has 0 spiro atoms. The Labute approximate surface area is 174 Å². The van der Waals surface area contributed by atoms with E-state index < -0.39 is 0 Å². The van der Waals surface area contributed by atoms with Gasteiger partial charge in [-0.1, -0.05) is 29.3 Å². The van der Waals surface area contributed by atoms with E-state index in [9.17, 15) is 4.79 Å². The van der Waals surface area contributed by atoms with Crippen LogP contribution in [0, 0.1) is 0 Å². The molecule has 0 saturated carbocycles. The van der Waals surface area contributed by atoms with Crippen molar-refractivity contribution >= 4 is 45.7 Å². The molecule has 0 aliphatic rings. The van der Waals surface area contributed by atoms with Gasteiger partial charge in [0.15, 0.2) is 0 Å². The number of carbonyl (C=O) groups is 1. The molecule has 0 atom stereocenters. The topological polar surface area (TPSA) is 42.7 Å². The maximum Gasteiger partial charge on any atom is 0.246 e. The molecule has 6 heteroatoms. The fourth-order valence-corrected chi connectivity index (χ4v) is 3.46. The zero-order valence-corrected chi connectivity index (χ0v) is 17.7. The quantitative estimate of drug-likeness (QED) is 0.457. The van der Waals surface area contributed by atoms with E-state index in [-0.39, 0.29) is 5.91 Å². The molecule has 28 heavy (non-hydrogen) atoms. The van der Waals surface area contributed by atoms with Gasteiger partial charge in [-0.3, -0.25) is 4.79 Å². The van der Waals surface area contributed by atoms with Crippen LogP contribution in [0.2, 0.25) is 10.0 Å². The Bertz CT molecular complexity index is 1070. The number of hydrogen-bond donors (Lipinski definition) is 0. The number of furan rings is 1. The SMILES string of the molecule is CCOc1cc2occ(-c3ccc(Cl)cc3Cl)c2cc1/C(C)=C/C(=O)N(C)C. The van der Waals surface area contributed by atoms with Gasteiger partial charge in [0, 0.05) is 53.3 Å². The molecule has 1 aromatic heterocycles. The number of ether oxygens (including phenoxy) is 1. The highest BCUT2D eigenvalue weighted by atomic mass is 35.5. The van der Waals surface area contributed by atoms with Crippen LogP contribution < -0.4 is 4.74 Å². The van der Waals surface area contributed by atoms with E-state index >= 15 is 0 Å². The number of allylic oxidation sites excluding steroid dienone is 1. The maximum absolute atomic E-state index is 12.1. The molecule has 0 N–H and O–H groups in total. The van der Waals surface area contributed by atoms with Crippen molar-refractivity contribution in [1.29, 1.82) is 0 Å². The summed E-state index contributed by atoms with van der Waals surface area (Å²) in [7, 11) is 3.44. The van der Waals surface area contributed by atoms with Gasteiger partial charge in [-0.25, -0.2) is 0 Å². The summed E-state index contributed by atoms with van der Waals surface area (Å²) in [6.07, 6.45) is 3.27. The van der Waals surface area contributed by atoms with Crippen LogP contribution in [0.5, 0.6) is 5.75 Å². The summed E-state index contributed by atoms with van der Waals surface area (Å²) in [5.41, 5.74) is 3.99. The summed E-state index contributed by atoms with van der Waals surface area (Å²) in [4.78, 5) is 13.7. The van der Waals surface area contributed by atoms with E-state index in [1.165, 1.54) is 4.90 Å². The molecule has 0 aliphatic carbocycles. The molecule has 146 valence electrons. The van der Waals surface area contributed by atoms with E-state index in [1.807, 2.05) is 32.0 Å². The summed E-state index contributed by atoms with van der Waals surface area (Å²) < 4.78 is 11.6. The van der Waals surface area contributed by atoms with Crippen LogP contribution in [0.25, 0.3) is 27.7 Å². The van der Waals surface area contributed by atoms with Gasteiger partial charge in [0.25, 0.3) is 0 Å². The Morgan fingerprint density at radius 2 is 1.93 bits per heavy atom. The zero-order valence-electron chi connectivity index (χ0n) is 16.2. The van der Waals surface area contributed by atoms with Crippen LogP contribution in [-0.4, -0.2) is 31.5 Å². The summed E-state index contributed by atoms with van der Waals surface area (Å²) in [5.74, 6) is 0.576. The highest BCUT2D eigenvalue weighted by Crippen LogP contribution is 2.40. The van der Waals surface area contributed by atoms with Crippen LogP contribution in [-0.2, 0) is 4.79 Å². The Morgan fingerprint density at radius 1 is 1.18 bits per heavy atom. The fourth-order valence-electron chi connectivity index (χ4n) is 2.95. The van der Waals surface area contributed by atoms with Crippen molar-refractivity contribution in [3.63, 3.8) is 0 Å². The van der Waals surface area contributed by atoms with E-state index in [4.69, 9.17) is 32.4 Å². The largest absolute Gasteiger partial charge is 0.493 e. The Morgan fingerprint density at radius 3 is 2.57 bits per heavy atom. The second kappa shape index (κ2) is 8.29. The van der Waals surface area contributed by atoms with Crippen molar-refractivity contribution < 1.29 is 13.9 Å². The first-order valence-electron chi connectivity index (χ1n) is 8.85. The average Bonchev–Trinajstić information content (AvgIpc) is 3.03. The minimum atomic E-state index is -0.0896. The lowest BCUT2D eigenvalue weighted by Gasteiger charge is -2.13. The lowest BCUT2D eigenvalue weighted by molar-refractivity contribution is -0.123. The third-order valence-corrected chi connectivity index (χ3v) is 4.95. The number of hydrogen-bond acceptors (Lipinski definition) is 3. The van der Waals surface area contributed by atoms with Crippen LogP contribution in [0.15, 0.2) is 47.1 Å². The van der Waals surface area contributed by atoms with Gasteiger partial charge in [-0.05, 0) is 37.6 Å². The van der Waals surface area contributed by atoms with Gasteiger partial charge in [0.1, 0.15) is 11.3 Å². The number of benzene rings is 2. The average molecular weight is 418 g/mol. The molecule has 0 bridgehead atoms. The molecule has 0 saturated heterocycles. The standard InChI is InChI=1S/C22H21Cl2NO3/c1-5-27-20-11-21-17(10-16(20)13(2)8-22(26)25(3)4)18(12-28-21)15-7-6-14(23)9-19(15)24/h6-12H,5H2,1-4H3/b13-8+. The molecule has 2 aromatic carbocycles. The molecule has 3 rings (SSSR count). The highest BCUT2D eigenvalue weighted by molar-refractivity contribution is 6.36. The number of halogens is 2. The first-order chi connectivity index (χ1) is 13.3. The molecular weight excluding hydrogens is 397 g/mol. The van der Waals surface area contributed by atoms with Crippen molar-refractivity contribution in [1.82, 2.24) is 4.90 Å². The van der Waals surface area contributed by atoms with E-state index in [0.717, 1.165) is 27.6 Å². The van der Waals surface area contributed by atoms with Crippen LogP contribution in [0.4, 0.5) is 0 Å². The third-order valence-electron chi connectivity index (χ3n) is 4.40. The second-order valence-corrected chi connectivity index (χ2v) is 7.45. The van der Waals surface area contributed by atoms with Crippen molar-refractivity contribution in [2.75, 3.05) is 20.7 Å². The number of amides is 1. The highest BCUT2D eigenvalue weighted by Gasteiger charge is 2.17. The molecule has 0 fully saturated rings. The minimum absolute atomic E-state index is 0.0896. The smallest absolute Gasteiger partial charge is 0.246 e. The number of likely N-dealkylation sites (N-methyl/N-ethyl adjacent to an activating group) is 1. The number of carbonyl (C=O) groups excluding carboxylic acids is 1. The molecule has 3 aromatic rings. The van der Waals surface area contributed by atoms with Crippen LogP contribution in [0.3, 0.4) is 0 Å². The predicted octanol–water partition coefficient (Wildman–Crippen LogP) is 6.30. The Balaban J connectivity index is 2.20. The van der Waals surface area contributed by atoms with Gasteiger partial charge in [-0.15, -0.1) is 0 Å². The normalized spacial score (nSPS) is 11.7. The lowest BCUT2D eigenvalue weighted by Crippen LogP contribution is -2.19. The van der Waals surface area contributed by atoms with E-state index in [0.29, 0.717) is 28.0 Å². The molecule has 0 radical (unpaired) electrons. The molecular formula is C22H21Cl2NO3. The Hall–Kier alpha value is -2.43. The monoisotopic (exact) mass is 417 g/mol. The van der Waals surface area contributed by atoms with Crippen molar-refractivity contribution in [3.8, 4) is 16.9 Å². The molecule has 0 unspecified atom stereocenters. The summed E-state index contributed by atoms with van der Waals surface area (Å²) >= 11 is 12.4. The fraction of sp³-hybridized carbons (Fsp3) is 0.227. The van der Waals surface area contributed by atoms with Crippen molar-refractivity contribution in [2.45, 2.75) is 13.8 Å². The molecule has 1 amide bonds. The maximum atomic E-state index is 12.1. The van der Waals surface area contributed by atoms with Crippen molar-refractivity contribution in [2.24, 2.45) is 0 Å². The van der Waals surface area contributed by atoms with E-state index in [1.54, 1.807) is 38.6 Å². The summed E-state index contributed by atoms with van der Waals surface area (Å²) in [6, 6.07) is 9.17. The first kappa shape index (κ1) is 20.3. The van der Waals surface area contributed by atoms with Gasteiger partial charge in [0.2, 0.25) is 5.91 Å². The van der Waals surface area contributed by atoms with Gasteiger partial charge in [-0.2, -0.15) is 0 Å².